The second-order valence-electron chi connectivity index (χ2n) is 5.10. The number of nitrogens with zero attached hydrogens (tertiary/aromatic N) is 1. The minimum absolute atomic E-state index is 0.0226. The van der Waals surface area contributed by atoms with Gasteiger partial charge in [-0.15, -0.1) is 11.3 Å². The summed E-state index contributed by atoms with van der Waals surface area (Å²) in [5, 5.41) is 1.93. The molecule has 3 rings (SSSR count). The number of thiophene rings is 1. The summed E-state index contributed by atoms with van der Waals surface area (Å²) >= 11 is 1.52. The zero-order valence-electron chi connectivity index (χ0n) is 14.5. The van der Waals surface area contributed by atoms with E-state index < -0.39 is 5.97 Å². The van der Waals surface area contributed by atoms with Crippen LogP contribution < -0.4 is 14.2 Å². The van der Waals surface area contributed by atoms with E-state index in [-0.39, 0.29) is 12.2 Å². The Morgan fingerprint density at radius 1 is 1.12 bits per heavy atom. The first-order chi connectivity index (χ1) is 12.7. The number of hydrogen-bond acceptors (Lipinski definition) is 8. The Hall–Kier alpha value is -3.00. The summed E-state index contributed by atoms with van der Waals surface area (Å²) in [5.74, 6) is 1.12. The molecule has 0 amide bonds. The SMILES string of the molecule is COc1cc(OC)c(C(=O)OCc2coc(-c3cccs3)n2)cc1OC. The molecule has 136 valence electrons. The van der Waals surface area contributed by atoms with Crippen LogP contribution in [-0.4, -0.2) is 32.3 Å². The van der Waals surface area contributed by atoms with E-state index in [0.29, 0.717) is 28.8 Å². The molecule has 0 aliphatic carbocycles. The highest BCUT2D eigenvalue weighted by atomic mass is 32.1. The summed E-state index contributed by atoms with van der Waals surface area (Å²) in [4.78, 5) is 17.7. The maximum Gasteiger partial charge on any atom is 0.342 e. The van der Waals surface area contributed by atoms with E-state index in [0.717, 1.165) is 4.88 Å². The molecule has 1 aromatic carbocycles. The predicted molar refractivity (Wildman–Crippen MR) is 95.0 cm³/mol. The number of esters is 1. The molecule has 0 atom stereocenters. The molecule has 3 aromatic rings. The van der Waals surface area contributed by atoms with Crippen molar-refractivity contribution in [2.45, 2.75) is 6.61 Å². The predicted octanol–water partition coefficient (Wildman–Crippen LogP) is 3.79. The Morgan fingerprint density at radius 2 is 1.85 bits per heavy atom. The van der Waals surface area contributed by atoms with Crippen LogP contribution in [0.25, 0.3) is 10.8 Å². The van der Waals surface area contributed by atoms with Gasteiger partial charge in [0.05, 0.1) is 26.2 Å². The molecule has 8 heteroatoms. The number of oxazole rings is 1. The molecule has 0 saturated carbocycles. The van der Waals surface area contributed by atoms with Crippen molar-refractivity contribution in [3.05, 3.63) is 47.2 Å². The van der Waals surface area contributed by atoms with Crippen LogP contribution in [-0.2, 0) is 11.3 Å². The van der Waals surface area contributed by atoms with Gasteiger partial charge >= 0.3 is 5.97 Å². The van der Waals surface area contributed by atoms with E-state index in [9.17, 15) is 4.79 Å². The molecular weight excluding hydrogens is 358 g/mol. The van der Waals surface area contributed by atoms with E-state index in [4.69, 9.17) is 23.4 Å². The average Bonchev–Trinajstić information content (AvgIpc) is 3.36. The molecule has 7 nitrogen and oxygen atoms in total. The van der Waals surface area contributed by atoms with Gasteiger partial charge in [0, 0.05) is 12.1 Å². The van der Waals surface area contributed by atoms with E-state index >= 15 is 0 Å². The van der Waals surface area contributed by atoms with E-state index in [1.807, 2.05) is 17.5 Å². The molecule has 0 N–H and O–H groups in total. The third-order valence-electron chi connectivity index (χ3n) is 3.56. The van der Waals surface area contributed by atoms with Crippen LogP contribution in [0.5, 0.6) is 17.2 Å². The minimum Gasteiger partial charge on any atom is -0.496 e. The van der Waals surface area contributed by atoms with Crippen LogP contribution in [0.15, 0.2) is 40.3 Å². The molecule has 2 aromatic heterocycles. The number of carbonyl (C=O) groups is 1. The number of carbonyl (C=O) groups excluding carboxylic acids is 1. The Balaban J connectivity index is 1.74. The summed E-state index contributed by atoms with van der Waals surface area (Å²) in [6.45, 7) is -0.0226. The van der Waals surface area contributed by atoms with Crippen molar-refractivity contribution in [3.8, 4) is 28.0 Å². The first kappa shape index (κ1) is 17.8. The van der Waals surface area contributed by atoms with Crippen LogP contribution in [0.4, 0.5) is 0 Å². The van der Waals surface area contributed by atoms with Crippen LogP contribution in [0.1, 0.15) is 16.1 Å². The van der Waals surface area contributed by atoms with Gasteiger partial charge in [-0.1, -0.05) is 6.07 Å². The largest absolute Gasteiger partial charge is 0.496 e. The highest BCUT2D eigenvalue weighted by Crippen LogP contribution is 2.35. The first-order valence-electron chi connectivity index (χ1n) is 7.61. The van der Waals surface area contributed by atoms with E-state index in [1.54, 1.807) is 6.07 Å². The van der Waals surface area contributed by atoms with Crippen molar-refractivity contribution in [3.63, 3.8) is 0 Å². The first-order valence-corrected chi connectivity index (χ1v) is 8.49. The van der Waals surface area contributed by atoms with Gasteiger partial charge in [0.25, 0.3) is 0 Å². The number of ether oxygens (including phenoxy) is 4. The summed E-state index contributed by atoms with van der Waals surface area (Å²) in [6.07, 6.45) is 1.47. The monoisotopic (exact) mass is 375 g/mol. The highest BCUT2D eigenvalue weighted by molar-refractivity contribution is 7.13. The number of benzene rings is 1. The number of methoxy groups -OCH3 is 3. The van der Waals surface area contributed by atoms with Gasteiger partial charge in [0.15, 0.2) is 11.5 Å². The Morgan fingerprint density at radius 3 is 2.50 bits per heavy atom. The van der Waals surface area contributed by atoms with Crippen LogP contribution in [0.2, 0.25) is 0 Å². The summed E-state index contributed by atoms with van der Waals surface area (Å²) in [7, 11) is 4.45. The summed E-state index contributed by atoms with van der Waals surface area (Å²) in [5.41, 5.74) is 0.744. The van der Waals surface area contributed by atoms with Crippen molar-refractivity contribution < 1.29 is 28.2 Å². The summed E-state index contributed by atoms with van der Waals surface area (Å²) < 4.78 is 26.4. The Bertz CT molecular complexity index is 887. The van der Waals surface area contributed by atoms with Crippen molar-refractivity contribution in [1.82, 2.24) is 4.98 Å². The minimum atomic E-state index is -0.566. The van der Waals surface area contributed by atoms with Gasteiger partial charge in [-0.25, -0.2) is 9.78 Å². The van der Waals surface area contributed by atoms with Gasteiger partial charge in [-0.3, -0.25) is 0 Å². The van der Waals surface area contributed by atoms with E-state index in [2.05, 4.69) is 4.98 Å². The van der Waals surface area contributed by atoms with Gasteiger partial charge in [0.1, 0.15) is 29.9 Å². The molecule has 0 bridgehead atoms. The molecule has 0 unspecified atom stereocenters. The topological polar surface area (TPSA) is 80.0 Å². The standard InChI is InChI=1S/C18H17NO6S/c1-21-13-8-15(23-3)14(22-2)7-12(13)18(20)25-10-11-9-24-17(19-11)16-5-4-6-26-16/h4-9H,10H2,1-3H3. The van der Waals surface area contributed by atoms with Crippen LogP contribution in [0, 0.1) is 0 Å². The third kappa shape index (κ3) is 3.65. The molecule has 2 heterocycles. The Labute approximate surface area is 154 Å². The lowest BCUT2D eigenvalue weighted by Crippen LogP contribution is -2.08. The molecular formula is C18H17NO6S. The third-order valence-corrected chi connectivity index (χ3v) is 4.42. The molecule has 0 saturated heterocycles. The number of aromatic nitrogens is 1. The van der Waals surface area contributed by atoms with E-state index in [1.165, 1.54) is 45.0 Å². The molecule has 0 radical (unpaired) electrons. The lowest BCUT2D eigenvalue weighted by Gasteiger charge is -2.13. The van der Waals surface area contributed by atoms with Crippen molar-refractivity contribution in [1.29, 1.82) is 0 Å². The average molecular weight is 375 g/mol. The Kier molecular flexibility index (Phi) is 5.43. The maximum atomic E-state index is 12.4. The van der Waals surface area contributed by atoms with Gasteiger partial charge in [0.2, 0.25) is 5.89 Å². The smallest absolute Gasteiger partial charge is 0.342 e. The lowest BCUT2D eigenvalue weighted by atomic mass is 10.1. The lowest BCUT2D eigenvalue weighted by molar-refractivity contribution is 0.0463. The van der Waals surface area contributed by atoms with Crippen molar-refractivity contribution in [2.75, 3.05) is 21.3 Å². The highest BCUT2D eigenvalue weighted by Gasteiger charge is 2.19. The van der Waals surface area contributed by atoms with Gasteiger partial charge in [-0.2, -0.15) is 0 Å². The molecule has 0 aliphatic rings. The number of rotatable bonds is 7. The fraction of sp³-hybridized carbons (Fsp3) is 0.222. The fourth-order valence-corrected chi connectivity index (χ4v) is 2.95. The summed E-state index contributed by atoms with van der Waals surface area (Å²) in [6, 6.07) is 6.90. The maximum absolute atomic E-state index is 12.4. The van der Waals surface area contributed by atoms with Gasteiger partial charge < -0.3 is 23.4 Å². The van der Waals surface area contributed by atoms with Crippen LogP contribution in [0.3, 0.4) is 0 Å². The molecule has 26 heavy (non-hydrogen) atoms. The zero-order valence-corrected chi connectivity index (χ0v) is 15.3. The fourth-order valence-electron chi connectivity index (χ4n) is 2.29. The normalized spacial score (nSPS) is 10.4. The van der Waals surface area contributed by atoms with Gasteiger partial charge in [-0.05, 0) is 11.4 Å². The zero-order chi connectivity index (χ0) is 18.5. The van der Waals surface area contributed by atoms with Crippen molar-refractivity contribution >= 4 is 17.3 Å². The number of hydrogen-bond donors (Lipinski definition) is 0. The second kappa shape index (κ2) is 7.92. The molecule has 0 aliphatic heterocycles. The van der Waals surface area contributed by atoms with Crippen LogP contribution >= 0.6 is 11.3 Å². The second-order valence-corrected chi connectivity index (χ2v) is 6.05. The molecule has 0 spiro atoms. The molecule has 0 fully saturated rings. The quantitative estimate of drug-likeness (QED) is 0.581. The van der Waals surface area contributed by atoms with Crippen molar-refractivity contribution in [2.24, 2.45) is 0 Å².